The first-order valence-corrected chi connectivity index (χ1v) is 10.1. The van der Waals surface area contributed by atoms with Crippen LogP contribution in [0.15, 0.2) is 0 Å². The van der Waals surface area contributed by atoms with E-state index >= 15 is 0 Å². The topological polar surface area (TPSA) is 40.6 Å². The smallest absolute Gasteiger partial charge is 0.222 e. The van der Waals surface area contributed by atoms with E-state index < -0.39 is 0 Å². The van der Waals surface area contributed by atoms with Crippen molar-refractivity contribution in [2.45, 2.75) is 107 Å². The molecule has 162 valence electrons. The Kier molecular flexibility index (Phi) is 10.5. The van der Waals surface area contributed by atoms with Gasteiger partial charge >= 0.3 is 0 Å². The van der Waals surface area contributed by atoms with Gasteiger partial charge in [-0.05, 0) is 60.4 Å². The van der Waals surface area contributed by atoms with Crippen molar-refractivity contribution < 1.29 is 9.59 Å². The minimum atomic E-state index is -0.223. The number of rotatable bonds is 4. The van der Waals surface area contributed by atoms with Crippen LogP contribution in [-0.4, -0.2) is 53.2 Å². The summed E-state index contributed by atoms with van der Waals surface area (Å²) in [7, 11) is 3.87. The van der Waals surface area contributed by atoms with Crippen molar-refractivity contribution in [1.29, 1.82) is 0 Å². The largest absolute Gasteiger partial charge is 0.341 e. The predicted molar refractivity (Wildman–Crippen MR) is 118 cm³/mol. The van der Waals surface area contributed by atoms with Gasteiger partial charge in [-0.15, -0.1) is 0 Å². The van der Waals surface area contributed by atoms with Crippen molar-refractivity contribution >= 4 is 11.7 Å². The third-order valence-corrected chi connectivity index (χ3v) is 4.83. The van der Waals surface area contributed by atoms with Crippen molar-refractivity contribution in [3.05, 3.63) is 0 Å². The highest BCUT2D eigenvalue weighted by Gasteiger charge is 2.26. The van der Waals surface area contributed by atoms with Crippen molar-refractivity contribution in [2.75, 3.05) is 20.6 Å². The molecule has 4 heteroatoms. The van der Waals surface area contributed by atoms with Crippen LogP contribution in [0.4, 0.5) is 0 Å². The molecule has 0 aromatic heterocycles. The quantitative estimate of drug-likeness (QED) is 0.651. The fraction of sp³-hybridized carbons (Fsp3) is 0.913. The molecule has 0 radical (unpaired) electrons. The number of hydrogen-bond donors (Lipinski definition) is 0. The zero-order valence-electron chi connectivity index (χ0n) is 20.8. The maximum absolute atomic E-state index is 11.8. The zero-order valence-corrected chi connectivity index (χ0v) is 20.8. The zero-order chi connectivity index (χ0) is 22.4. The molecule has 0 unspecified atom stereocenters. The Morgan fingerprint density at radius 2 is 1.11 bits per heavy atom. The van der Waals surface area contributed by atoms with Crippen LogP contribution in [-0.2, 0) is 9.59 Å². The van der Waals surface area contributed by atoms with Gasteiger partial charge in [-0.1, -0.05) is 41.5 Å². The average Bonchev–Trinajstić information content (AvgIpc) is 2.40. The van der Waals surface area contributed by atoms with Crippen molar-refractivity contribution in [2.24, 2.45) is 10.8 Å². The van der Waals surface area contributed by atoms with Gasteiger partial charge in [0.1, 0.15) is 0 Å². The summed E-state index contributed by atoms with van der Waals surface area (Å²) in [5.41, 5.74) is 0.0315. The summed E-state index contributed by atoms with van der Waals surface area (Å²) >= 11 is 0. The highest BCUT2D eigenvalue weighted by Crippen LogP contribution is 2.22. The minimum Gasteiger partial charge on any atom is -0.341 e. The lowest BCUT2D eigenvalue weighted by Gasteiger charge is -2.33. The number of carbonyl (C=O) groups is 2. The highest BCUT2D eigenvalue weighted by molar-refractivity contribution is 5.85. The summed E-state index contributed by atoms with van der Waals surface area (Å²) in [6, 6.07) is 0. The van der Waals surface area contributed by atoms with Gasteiger partial charge in [0, 0.05) is 30.0 Å². The maximum atomic E-state index is 11.8. The molecule has 0 bridgehead atoms. The van der Waals surface area contributed by atoms with Crippen LogP contribution < -0.4 is 0 Å². The van der Waals surface area contributed by atoms with E-state index in [1.165, 1.54) is 0 Å². The lowest BCUT2D eigenvalue weighted by molar-refractivity contribution is -0.134. The Hall–Kier alpha value is -0.900. The van der Waals surface area contributed by atoms with Crippen LogP contribution >= 0.6 is 0 Å². The minimum absolute atomic E-state index is 0.0605. The number of hydrogen-bond acceptors (Lipinski definition) is 3. The molecule has 0 aromatic rings. The fourth-order valence-corrected chi connectivity index (χ4v) is 1.71. The summed E-state index contributed by atoms with van der Waals surface area (Å²) in [4.78, 5) is 27.4. The van der Waals surface area contributed by atoms with E-state index in [1.807, 2.05) is 39.8 Å². The SMILES string of the molecule is CN(C(=O)CCC(C)(C)C)C(C)(C)C.CN(CC(=O)C(C)(C)C)C(C)(C)C. The number of carbonyl (C=O) groups excluding carboxylic acids is 2. The summed E-state index contributed by atoms with van der Waals surface area (Å²) < 4.78 is 0. The van der Waals surface area contributed by atoms with Gasteiger partial charge in [0.2, 0.25) is 5.91 Å². The van der Waals surface area contributed by atoms with Gasteiger partial charge in [0.05, 0.1) is 6.54 Å². The lowest BCUT2D eigenvalue weighted by Crippen LogP contribution is -2.43. The predicted octanol–water partition coefficient (Wildman–Crippen LogP) is 5.40. The van der Waals surface area contributed by atoms with Crippen LogP contribution in [0.1, 0.15) is 95.9 Å². The molecule has 0 heterocycles. The second kappa shape index (κ2) is 10.0. The third-order valence-electron chi connectivity index (χ3n) is 4.83. The van der Waals surface area contributed by atoms with E-state index in [1.54, 1.807) is 0 Å². The Balaban J connectivity index is 0. The third kappa shape index (κ3) is 13.8. The molecule has 27 heavy (non-hydrogen) atoms. The Labute approximate surface area is 170 Å². The van der Waals surface area contributed by atoms with Gasteiger partial charge in [0.15, 0.2) is 5.78 Å². The Morgan fingerprint density at radius 1 is 0.704 bits per heavy atom. The molecule has 0 saturated heterocycles. The monoisotopic (exact) mass is 384 g/mol. The second-order valence-corrected chi connectivity index (χ2v) is 11.9. The number of nitrogens with zero attached hydrogens (tertiary/aromatic N) is 2. The molecule has 0 spiro atoms. The van der Waals surface area contributed by atoms with E-state index in [-0.39, 0.29) is 27.8 Å². The van der Waals surface area contributed by atoms with Crippen molar-refractivity contribution in [1.82, 2.24) is 9.80 Å². The van der Waals surface area contributed by atoms with Crippen molar-refractivity contribution in [3.63, 3.8) is 0 Å². The molecule has 4 nitrogen and oxygen atoms in total. The van der Waals surface area contributed by atoms with Gasteiger partial charge in [-0.2, -0.15) is 0 Å². The summed E-state index contributed by atoms with van der Waals surface area (Å²) in [6.07, 6.45) is 1.60. The summed E-state index contributed by atoms with van der Waals surface area (Å²) in [6.45, 7) is 25.4. The first kappa shape index (κ1) is 28.3. The van der Waals surface area contributed by atoms with E-state index in [4.69, 9.17) is 0 Å². The van der Waals surface area contributed by atoms with Gasteiger partial charge < -0.3 is 4.90 Å². The normalized spacial score (nSPS) is 13.1. The highest BCUT2D eigenvalue weighted by atomic mass is 16.2. The number of likely N-dealkylation sites (N-methyl/N-ethyl adjacent to an activating group) is 1. The maximum Gasteiger partial charge on any atom is 0.222 e. The molecule has 1 amide bonds. The molecule has 0 aliphatic heterocycles. The molecule has 0 N–H and O–H groups in total. The summed E-state index contributed by atoms with van der Waals surface area (Å²) in [5.74, 6) is 0.539. The van der Waals surface area contributed by atoms with Crippen molar-refractivity contribution in [3.8, 4) is 0 Å². The van der Waals surface area contributed by atoms with Gasteiger partial charge in [0.25, 0.3) is 0 Å². The molecule has 0 saturated carbocycles. The van der Waals surface area contributed by atoms with Crippen LogP contribution in [0.25, 0.3) is 0 Å². The molecule has 0 aromatic carbocycles. The molecule has 0 fully saturated rings. The van der Waals surface area contributed by atoms with Crippen LogP contribution in [0.3, 0.4) is 0 Å². The van der Waals surface area contributed by atoms with Crippen LogP contribution in [0.2, 0.25) is 0 Å². The number of Topliss-reactive ketones (excluding diaryl/α,β-unsaturated/α-hetero) is 1. The first-order chi connectivity index (χ1) is 11.6. The van der Waals surface area contributed by atoms with E-state index in [0.717, 1.165) is 6.42 Å². The molecule has 0 aliphatic rings. The van der Waals surface area contributed by atoms with Gasteiger partial charge in [-0.25, -0.2) is 0 Å². The molecular formula is C23H48N2O2. The first-order valence-electron chi connectivity index (χ1n) is 10.1. The molecule has 0 aliphatic carbocycles. The van der Waals surface area contributed by atoms with E-state index in [2.05, 4.69) is 67.2 Å². The number of ketones is 1. The van der Waals surface area contributed by atoms with Gasteiger partial charge in [-0.3, -0.25) is 14.5 Å². The van der Waals surface area contributed by atoms with E-state index in [9.17, 15) is 9.59 Å². The standard InChI is InChI=1S/C12H25NO.C11H23NO/c1-11(2,3)9-8-10(14)13(7)12(4,5)6;1-10(2,3)9(13)8-12(7)11(4,5)6/h8-9H2,1-7H3;8H2,1-7H3. The van der Waals surface area contributed by atoms with Crippen LogP contribution in [0.5, 0.6) is 0 Å². The van der Waals surface area contributed by atoms with Crippen LogP contribution in [0, 0.1) is 10.8 Å². The average molecular weight is 385 g/mol. The van der Waals surface area contributed by atoms with E-state index in [0.29, 0.717) is 18.7 Å². The summed E-state index contributed by atoms with van der Waals surface area (Å²) in [5, 5.41) is 0. The molecule has 0 rings (SSSR count). The Morgan fingerprint density at radius 3 is 1.37 bits per heavy atom. The number of amides is 1. The fourth-order valence-electron chi connectivity index (χ4n) is 1.71. The Bertz CT molecular complexity index is 469. The lowest BCUT2D eigenvalue weighted by atomic mass is 9.90. The molecular weight excluding hydrogens is 336 g/mol. The molecule has 0 atom stereocenters. The second-order valence-electron chi connectivity index (χ2n) is 11.9.